The van der Waals surface area contributed by atoms with Gasteiger partial charge >= 0.3 is 5.97 Å². The predicted octanol–water partition coefficient (Wildman–Crippen LogP) is 1.91. The summed E-state index contributed by atoms with van der Waals surface area (Å²) in [6.45, 7) is -0.404. The number of hydrogen-bond acceptors (Lipinski definition) is 2. The summed E-state index contributed by atoms with van der Waals surface area (Å²) in [5, 5.41) is 9.04. The molecule has 1 aliphatic carbocycles. The molecule has 1 atom stereocenters. The first kappa shape index (κ1) is 10.8. The Bertz CT molecular complexity index is 276. The zero-order valence-corrected chi connectivity index (χ0v) is 8.34. The summed E-state index contributed by atoms with van der Waals surface area (Å²) in [4.78, 5) is 11.1. The van der Waals surface area contributed by atoms with E-state index in [9.17, 15) is 13.6 Å². The van der Waals surface area contributed by atoms with Crippen LogP contribution in [-0.4, -0.2) is 30.2 Å². The molecule has 0 aromatic rings. The van der Waals surface area contributed by atoms with Gasteiger partial charge in [0.25, 0.3) is 5.92 Å². The second kappa shape index (κ2) is 3.40. The van der Waals surface area contributed by atoms with E-state index in [4.69, 9.17) is 9.84 Å². The largest absolute Gasteiger partial charge is 0.481 e. The molecule has 0 radical (unpaired) electrons. The molecular formula is C10H14F2O3. The molecular weight excluding hydrogens is 206 g/mol. The number of halogens is 2. The Balaban J connectivity index is 2.24. The lowest BCUT2D eigenvalue weighted by molar-refractivity contribution is -0.218. The molecule has 1 saturated heterocycles. The maximum atomic E-state index is 13.7. The molecule has 2 aliphatic rings. The van der Waals surface area contributed by atoms with E-state index in [1.807, 2.05) is 0 Å². The first-order valence-corrected chi connectivity index (χ1v) is 5.17. The van der Waals surface area contributed by atoms with E-state index in [0.717, 1.165) is 12.8 Å². The van der Waals surface area contributed by atoms with Crippen molar-refractivity contribution in [2.45, 2.75) is 31.6 Å². The van der Waals surface area contributed by atoms with Gasteiger partial charge in [0.15, 0.2) is 5.41 Å². The van der Waals surface area contributed by atoms with Crippen LogP contribution in [0.5, 0.6) is 0 Å². The van der Waals surface area contributed by atoms with Crippen LogP contribution in [0.2, 0.25) is 0 Å². The second-order valence-electron chi connectivity index (χ2n) is 4.54. The van der Waals surface area contributed by atoms with Crippen molar-refractivity contribution in [3.05, 3.63) is 0 Å². The van der Waals surface area contributed by atoms with Gasteiger partial charge in [0.1, 0.15) is 0 Å². The number of carbonyl (C=O) groups is 1. The van der Waals surface area contributed by atoms with E-state index >= 15 is 0 Å². The maximum absolute atomic E-state index is 13.7. The molecule has 0 spiro atoms. The zero-order chi connectivity index (χ0) is 11.1. The zero-order valence-electron chi connectivity index (χ0n) is 8.34. The molecule has 0 bridgehead atoms. The van der Waals surface area contributed by atoms with Gasteiger partial charge in [-0.25, -0.2) is 8.78 Å². The van der Waals surface area contributed by atoms with Gasteiger partial charge in [0.05, 0.1) is 13.2 Å². The van der Waals surface area contributed by atoms with Gasteiger partial charge in [-0.1, -0.05) is 12.8 Å². The van der Waals surface area contributed by atoms with Crippen molar-refractivity contribution >= 4 is 5.97 Å². The molecule has 1 aliphatic heterocycles. The lowest BCUT2D eigenvalue weighted by atomic mass is 9.74. The number of rotatable bonds is 3. The average Bonchev–Trinajstić information content (AvgIpc) is 2.92. The smallest absolute Gasteiger partial charge is 0.318 e. The Labute approximate surface area is 86.4 Å². The third kappa shape index (κ3) is 1.73. The van der Waals surface area contributed by atoms with Crippen molar-refractivity contribution in [1.82, 2.24) is 0 Å². The summed E-state index contributed by atoms with van der Waals surface area (Å²) in [5.41, 5.74) is -1.98. The van der Waals surface area contributed by atoms with Gasteiger partial charge < -0.3 is 9.84 Å². The molecule has 0 aromatic carbocycles. The fraction of sp³-hybridized carbons (Fsp3) is 0.900. The summed E-state index contributed by atoms with van der Waals surface area (Å²) in [5.74, 6) is -4.41. The number of hydrogen-bond donors (Lipinski definition) is 1. The van der Waals surface area contributed by atoms with E-state index in [0.29, 0.717) is 0 Å². The van der Waals surface area contributed by atoms with Crippen molar-refractivity contribution in [1.29, 1.82) is 0 Å². The number of alkyl halides is 2. The minimum atomic E-state index is -3.14. The first-order chi connectivity index (χ1) is 6.98. The fourth-order valence-electron chi connectivity index (χ4n) is 2.12. The normalized spacial score (nSPS) is 35.1. The monoisotopic (exact) mass is 220 g/mol. The van der Waals surface area contributed by atoms with Crippen LogP contribution in [0.4, 0.5) is 8.78 Å². The standard InChI is InChI=1S/C10H14F2O3/c11-10(12)3-4-15-6-9(10,8(13)14)5-7-1-2-7/h7H,1-6H2,(H,13,14). The van der Waals surface area contributed by atoms with E-state index in [-0.39, 0.29) is 25.6 Å². The van der Waals surface area contributed by atoms with Gasteiger partial charge in [0, 0.05) is 6.42 Å². The molecule has 2 rings (SSSR count). The third-order valence-electron chi connectivity index (χ3n) is 3.35. The summed E-state index contributed by atoms with van der Waals surface area (Å²) in [6, 6.07) is 0. The highest BCUT2D eigenvalue weighted by molar-refractivity contribution is 5.76. The van der Waals surface area contributed by atoms with Crippen molar-refractivity contribution in [3.63, 3.8) is 0 Å². The quantitative estimate of drug-likeness (QED) is 0.790. The molecule has 5 heteroatoms. The fourth-order valence-corrected chi connectivity index (χ4v) is 2.12. The number of carboxylic acids is 1. The Hall–Kier alpha value is -0.710. The van der Waals surface area contributed by atoms with Crippen LogP contribution in [-0.2, 0) is 9.53 Å². The topological polar surface area (TPSA) is 46.5 Å². The number of ether oxygens (including phenoxy) is 1. The Morgan fingerprint density at radius 3 is 2.60 bits per heavy atom. The highest BCUT2D eigenvalue weighted by atomic mass is 19.3. The molecule has 2 fully saturated rings. The van der Waals surface area contributed by atoms with Crippen molar-refractivity contribution in [3.8, 4) is 0 Å². The third-order valence-corrected chi connectivity index (χ3v) is 3.35. The molecule has 0 aromatic heterocycles. The summed E-state index contributed by atoms with van der Waals surface area (Å²) in [7, 11) is 0. The Morgan fingerprint density at radius 1 is 1.47 bits per heavy atom. The van der Waals surface area contributed by atoms with Crippen LogP contribution < -0.4 is 0 Å². The molecule has 1 saturated carbocycles. The molecule has 3 nitrogen and oxygen atoms in total. The summed E-state index contributed by atoms with van der Waals surface area (Å²) in [6.07, 6.45) is 1.30. The lowest BCUT2D eigenvalue weighted by Crippen LogP contribution is -2.54. The van der Waals surface area contributed by atoms with Gasteiger partial charge in [-0.05, 0) is 12.3 Å². The number of carboxylic acid groups (broad SMARTS) is 1. The van der Waals surface area contributed by atoms with Crippen LogP contribution in [0.3, 0.4) is 0 Å². The molecule has 1 unspecified atom stereocenters. The first-order valence-electron chi connectivity index (χ1n) is 5.17. The van der Waals surface area contributed by atoms with Crippen LogP contribution in [0.15, 0.2) is 0 Å². The molecule has 15 heavy (non-hydrogen) atoms. The van der Waals surface area contributed by atoms with Crippen molar-refractivity contribution in [2.75, 3.05) is 13.2 Å². The van der Waals surface area contributed by atoms with Gasteiger partial charge in [-0.15, -0.1) is 0 Å². The molecule has 0 amide bonds. The van der Waals surface area contributed by atoms with Crippen LogP contribution >= 0.6 is 0 Å². The average molecular weight is 220 g/mol. The van der Waals surface area contributed by atoms with Crippen LogP contribution in [0.25, 0.3) is 0 Å². The SMILES string of the molecule is O=C(O)C1(CC2CC2)COCCC1(F)F. The van der Waals surface area contributed by atoms with Crippen molar-refractivity contribution in [2.24, 2.45) is 11.3 Å². The summed E-state index contributed by atoms with van der Waals surface area (Å²) >= 11 is 0. The van der Waals surface area contributed by atoms with Gasteiger partial charge in [0.2, 0.25) is 0 Å². The van der Waals surface area contributed by atoms with E-state index in [1.165, 1.54) is 0 Å². The van der Waals surface area contributed by atoms with Crippen molar-refractivity contribution < 1.29 is 23.4 Å². The maximum Gasteiger partial charge on any atom is 0.318 e. The predicted molar refractivity (Wildman–Crippen MR) is 47.8 cm³/mol. The van der Waals surface area contributed by atoms with Crippen LogP contribution in [0, 0.1) is 11.3 Å². The van der Waals surface area contributed by atoms with Gasteiger partial charge in [-0.3, -0.25) is 4.79 Å². The highest BCUT2D eigenvalue weighted by Crippen LogP contribution is 2.51. The molecule has 1 heterocycles. The minimum absolute atomic E-state index is 0.0489. The van der Waals surface area contributed by atoms with Gasteiger partial charge in [-0.2, -0.15) is 0 Å². The lowest BCUT2D eigenvalue weighted by Gasteiger charge is -2.40. The van der Waals surface area contributed by atoms with E-state index in [1.54, 1.807) is 0 Å². The summed E-state index contributed by atoms with van der Waals surface area (Å²) < 4.78 is 32.4. The molecule has 86 valence electrons. The Morgan fingerprint density at radius 2 is 2.13 bits per heavy atom. The van der Waals surface area contributed by atoms with E-state index < -0.39 is 23.7 Å². The minimum Gasteiger partial charge on any atom is -0.481 e. The second-order valence-corrected chi connectivity index (χ2v) is 4.54. The molecule has 1 N–H and O–H groups in total. The Kier molecular flexibility index (Phi) is 2.45. The van der Waals surface area contributed by atoms with E-state index in [2.05, 4.69) is 0 Å². The van der Waals surface area contributed by atoms with Crippen LogP contribution in [0.1, 0.15) is 25.7 Å². The number of aliphatic carboxylic acids is 1. The highest BCUT2D eigenvalue weighted by Gasteiger charge is 2.62.